The molecule has 3 aromatic carbocycles. The number of rotatable bonds is 2. The van der Waals surface area contributed by atoms with Crippen molar-refractivity contribution in [3.63, 3.8) is 0 Å². The number of aryl methyl sites for hydroxylation is 2. The van der Waals surface area contributed by atoms with Gasteiger partial charge in [0.2, 0.25) is 0 Å². The second-order valence-electron chi connectivity index (χ2n) is 5.52. The molecule has 2 heteroatoms. The van der Waals surface area contributed by atoms with Crippen LogP contribution in [-0.4, -0.2) is 0 Å². The normalized spacial score (nSPS) is 12.6. The molecule has 0 heterocycles. The third-order valence-electron chi connectivity index (χ3n) is 4.01. The Morgan fingerprint density at radius 1 is 0.857 bits per heavy atom. The fourth-order valence-electron chi connectivity index (χ4n) is 2.82. The molecule has 0 aromatic heterocycles. The average Bonchev–Trinajstić information content (AvgIpc) is 2.50. The van der Waals surface area contributed by atoms with E-state index >= 15 is 0 Å². The van der Waals surface area contributed by atoms with E-state index in [0.717, 1.165) is 22.1 Å². The molecule has 0 saturated heterocycles. The highest BCUT2D eigenvalue weighted by molar-refractivity contribution is 5.87. The predicted octanol–water partition coefficient (Wildman–Crippen LogP) is 4.64. The molecule has 0 bridgehead atoms. The van der Waals surface area contributed by atoms with Crippen LogP contribution in [0.1, 0.15) is 28.3 Å². The first kappa shape index (κ1) is 13.8. The van der Waals surface area contributed by atoms with E-state index in [0.29, 0.717) is 5.39 Å². The quantitative estimate of drug-likeness (QED) is 0.726. The Kier molecular flexibility index (Phi) is 3.48. The number of nitrogens with two attached hydrogens (primary N) is 1. The van der Waals surface area contributed by atoms with Crippen LogP contribution in [0.4, 0.5) is 4.39 Å². The summed E-state index contributed by atoms with van der Waals surface area (Å²) in [4.78, 5) is 0. The lowest BCUT2D eigenvalue weighted by molar-refractivity contribution is 0.639. The van der Waals surface area contributed by atoms with Gasteiger partial charge in [-0.1, -0.05) is 54.1 Å². The van der Waals surface area contributed by atoms with Crippen LogP contribution in [0.15, 0.2) is 54.6 Å². The molecule has 0 aliphatic heterocycles. The Morgan fingerprint density at radius 2 is 1.57 bits per heavy atom. The molecule has 3 rings (SSSR count). The Labute approximate surface area is 124 Å². The van der Waals surface area contributed by atoms with Gasteiger partial charge >= 0.3 is 0 Å². The van der Waals surface area contributed by atoms with E-state index in [2.05, 4.69) is 32.0 Å². The Morgan fingerprint density at radius 3 is 2.33 bits per heavy atom. The zero-order valence-corrected chi connectivity index (χ0v) is 12.2. The van der Waals surface area contributed by atoms with E-state index in [-0.39, 0.29) is 11.9 Å². The number of halogens is 1. The van der Waals surface area contributed by atoms with Crippen molar-refractivity contribution in [2.75, 3.05) is 0 Å². The van der Waals surface area contributed by atoms with Gasteiger partial charge in [0.1, 0.15) is 5.82 Å². The molecule has 0 amide bonds. The maximum Gasteiger partial charge on any atom is 0.131 e. The summed E-state index contributed by atoms with van der Waals surface area (Å²) in [5.41, 5.74) is 10.9. The van der Waals surface area contributed by atoms with Crippen molar-refractivity contribution in [3.8, 4) is 0 Å². The van der Waals surface area contributed by atoms with Crippen molar-refractivity contribution in [1.82, 2.24) is 0 Å². The molecular formula is C19H18FN. The van der Waals surface area contributed by atoms with E-state index < -0.39 is 0 Å². The van der Waals surface area contributed by atoms with Crippen LogP contribution in [0.5, 0.6) is 0 Å². The predicted molar refractivity (Wildman–Crippen MR) is 85.9 cm³/mol. The van der Waals surface area contributed by atoms with Crippen LogP contribution in [0.3, 0.4) is 0 Å². The van der Waals surface area contributed by atoms with Crippen molar-refractivity contribution < 1.29 is 4.39 Å². The second kappa shape index (κ2) is 5.30. The zero-order valence-electron chi connectivity index (χ0n) is 12.2. The van der Waals surface area contributed by atoms with Crippen molar-refractivity contribution in [3.05, 3.63) is 82.7 Å². The van der Waals surface area contributed by atoms with Gasteiger partial charge in [-0.2, -0.15) is 0 Å². The SMILES string of the molecule is Cc1ccc(C)c(C(N)c2ccc(F)c3ccccc23)c1. The largest absolute Gasteiger partial charge is 0.320 e. The first-order valence-corrected chi connectivity index (χ1v) is 7.08. The topological polar surface area (TPSA) is 26.0 Å². The molecule has 0 saturated carbocycles. The maximum atomic E-state index is 13.9. The van der Waals surface area contributed by atoms with Crippen molar-refractivity contribution >= 4 is 10.8 Å². The maximum absolute atomic E-state index is 13.9. The van der Waals surface area contributed by atoms with Gasteiger partial charge in [-0.15, -0.1) is 0 Å². The molecule has 0 fully saturated rings. The summed E-state index contributed by atoms with van der Waals surface area (Å²) < 4.78 is 13.9. The van der Waals surface area contributed by atoms with Gasteiger partial charge in [-0.3, -0.25) is 0 Å². The molecule has 2 N–H and O–H groups in total. The minimum atomic E-state index is -0.254. The van der Waals surface area contributed by atoms with Gasteiger partial charge in [-0.05, 0) is 42.0 Å². The highest BCUT2D eigenvalue weighted by atomic mass is 19.1. The molecule has 0 radical (unpaired) electrons. The molecular weight excluding hydrogens is 261 g/mol. The lowest BCUT2D eigenvalue weighted by Gasteiger charge is -2.18. The van der Waals surface area contributed by atoms with E-state index in [1.165, 1.54) is 11.6 Å². The molecule has 106 valence electrons. The summed E-state index contributed by atoms with van der Waals surface area (Å²) in [5, 5.41) is 1.50. The number of hydrogen-bond acceptors (Lipinski definition) is 1. The van der Waals surface area contributed by atoms with Crippen LogP contribution >= 0.6 is 0 Å². The standard InChI is InChI=1S/C19H18FN/c1-12-7-8-13(2)17(11-12)19(21)16-9-10-18(20)15-6-4-3-5-14(15)16/h3-11,19H,21H2,1-2H3. The third-order valence-corrected chi connectivity index (χ3v) is 4.01. The van der Waals surface area contributed by atoms with Crippen molar-refractivity contribution in [2.24, 2.45) is 5.73 Å². The summed E-state index contributed by atoms with van der Waals surface area (Å²) in [7, 11) is 0. The van der Waals surface area contributed by atoms with Gasteiger partial charge in [0.05, 0.1) is 6.04 Å². The highest BCUT2D eigenvalue weighted by Gasteiger charge is 2.15. The van der Waals surface area contributed by atoms with Gasteiger partial charge in [0.15, 0.2) is 0 Å². The summed E-state index contributed by atoms with van der Waals surface area (Å²) in [5.74, 6) is -0.206. The fourth-order valence-corrected chi connectivity index (χ4v) is 2.82. The molecule has 0 aliphatic rings. The Bertz CT molecular complexity index is 808. The smallest absolute Gasteiger partial charge is 0.131 e. The first-order chi connectivity index (χ1) is 10.1. The zero-order chi connectivity index (χ0) is 15.0. The van der Waals surface area contributed by atoms with Crippen molar-refractivity contribution in [2.45, 2.75) is 19.9 Å². The van der Waals surface area contributed by atoms with Crippen LogP contribution < -0.4 is 5.73 Å². The minimum Gasteiger partial charge on any atom is -0.320 e. The Balaban J connectivity index is 2.20. The summed E-state index contributed by atoms with van der Waals surface area (Å²) in [6.07, 6.45) is 0. The van der Waals surface area contributed by atoms with Crippen LogP contribution in [-0.2, 0) is 0 Å². The number of hydrogen-bond donors (Lipinski definition) is 1. The summed E-state index contributed by atoms with van der Waals surface area (Å²) >= 11 is 0. The van der Waals surface area contributed by atoms with Crippen LogP contribution in [0.25, 0.3) is 10.8 Å². The molecule has 1 unspecified atom stereocenters. The van der Waals surface area contributed by atoms with Gasteiger partial charge in [-0.25, -0.2) is 4.39 Å². The minimum absolute atomic E-state index is 0.206. The molecule has 1 nitrogen and oxygen atoms in total. The average molecular weight is 279 g/mol. The number of benzene rings is 3. The summed E-state index contributed by atoms with van der Waals surface area (Å²) in [6.45, 7) is 4.11. The molecule has 0 aliphatic carbocycles. The van der Waals surface area contributed by atoms with E-state index in [4.69, 9.17) is 5.73 Å². The molecule has 0 spiro atoms. The molecule has 1 atom stereocenters. The number of fused-ring (bicyclic) bond motifs is 1. The monoisotopic (exact) mass is 279 g/mol. The van der Waals surface area contributed by atoms with Crippen molar-refractivity contribution in [1.29, 1.82) is 0 Å². The van der Waals surface area contributed by atoms with Gasteiger partial charge in [0.25, 0.3) is 0 Å². The highest BCUT2D eigenvalue weighted by Crippen LogP contribution is 2.30. The van der Waals surface area contributed by atoms with Gasteiger partial charge < -0.3 is 5.73 Å². The van der Waals surface area contributed by atoms with Gasteiger partial charge in [0, 0.05) is 5.39 Å². The lowest BCUT2D eigenvalue weighted by atomic mass is 9.91. The van der Waals surface area contributed by atoms with E-state index in [1.807, 2.05) is 18.2 Å². The molecule has 21 heavy (non-hydrogen) atoms. The van der Waals surface area contributed by atoms with Crippen LogP contribution in [0, 0.1) is 19.7 Å². The van der Waals surface area contributed by atoms with Crippen LogP contribution in [0.2, 0.25) is 0 Å². The molecule has 3 aromatic rings. The third kappa shape index (κ3) is 2.43. The Hall–Kier alpha value is -2.19. The first-order valence-electron chi connectivity index (χ1n) is 7.08. The van der Waals surface area contributed by atoms with E-state index in [1.54, 1.807) is 12.1 Å². The fraction of sp³-hybridized carbons (Fsp3) is 0.158. The second-order valence-corrected chi connectivity index (χ2v) is 5.52. The lowest BCUT2D eigenvalue weighted by Crippen LogP contribution is -2.14. The van der Waals surface area contributed by atoms with E-state index in [9.17, 15) is 4.39 Å². The summed E-state index contributed by atoms with van der Waals surface area (Å²) in [6, 6.07) is 16.8.